The van der Waals surface area contributed by atoms with Gasteiger partial charge in [0.15, 0.2) is 5.58 Å². The van der Waals surface area contributed by atoms with Crippen molar-refractivity contribution in [1.29, 1.82) is 0 Å². The van der Waals surface area contributed by atoms with Crippen molar-refractivity contribution in [2.24, 2.45) is 0 Å². The van der Waals surface area contributed by atoms with Crippen molar-refractivity contribution in [3.63, 3.8) is 0 Å². The summed E-state index contributed by atoms with van der Waals surface area (Å²) in [6.07, 6.45) is 2.87. The lowest BCUT2D eigenvalue weighted by Gasteiger charge is -1.92. The van der Waals surface area contributed by atoms with E-state index in [1.165, 1.54) is 23.5 Å². The van der Waals surface area contributed by atoms with Crippen LogP contribution >= 0.6 is 11.3 Å². The molecule has 0 aliphatic carbocycles. The number of para-hydroxylation sites is 2. The molecule has 3 aromatic rings. The van der Waals surface area contributed by atoms with Crippen molar-refractivity contribution in [3.8, 4) is 0 Å². The number of nitrogens with zero attached hydrogens (tertiary/aromatic N) is 3. The van der Waals surface area contributed by atoms with Crippen LogP contribution in [0.5, 0.6) is 0 Å². The first kappa shape index (κ1) is 12.5. The van der Waals surface area contributed by atoms with Gasteiger partial charge in [0.25, 0.3) is 0 Å². The van der Waals surface area contributed by atoms with Crippen molar-refractivity contribution < 1.29 is 9.21 Å². The summed E-state index contributed by atoms with van der Waals surface area (Å²) in [4.78, 5) is 15.9. The average Bonchev–Trinajstić information content (AvgIpc) is 3.02. The number of fused-ring (bicyclic) bond motifs is 1. The van der Waals surface area contributed by atoms with Crippen molar-refractivity contribution in [3.05, 3.63) is 41.2 Å². The molecule has 0 saturated carbocycles. The van der Waals surface area contributed by atoms with Crippen LogP contribution in [0.1, 0.15) is 10.9 Å². The summed E-state index contributed by atoms with van der Waals surface area (Å²) in [5.74, 6) is 0.0817. The molecule has 0 unspecified atom stereocenters. The minimum absolute atomic E-state index is 0.302. The summed E-state index contributed by atoms with van der Waals surface area (Å²) in [6.45, 7) is 1.82. The Morgan fingerprint density at radius 3 is 2.95 bits per heavy atom. The molecule has 7 heteroatoms. The van der Waals surface area contributed by atoms with Gasteiger partial charge in [-0.15, -0.1) is 10.2 Å². The molecule has 0 radical (unpaired) electrons. The number of carbonyl (C=O) groups excluding carboxylic acids is 1. The van der Waals surface area contributed by atoms with Crippen LogP contribution < -0.4 is 5.32 Å². The van der Waals surface area contributed by atoms with Crippen molar-refractivity contribution in [1.82, 2.24) is 15.2 Å². The average molecular weight is 286 g/mol. The lowest BCUT2D eigenvalue weighted by Crippen LogP contribution is -2.07. The van der Waals surface area contributed by atoms with E-state index < -0.39 is 0 Å². The quantitative estimate of drug-likeness (QED) is 0.748. The molecule has 0 fully saturated rings. The molecule has 1 amide bonds. The number of hydrogen-bond donors (Lipinski definition) is 1. The molecular formula is C13H10N4O2S. The summed E-state index contributed by atoms with van der Waals surface area (Å²) in [6, 6.07) is 7.42. The molecule has 0 bridgehead atoms. The number of amides is 1. The Morgan fingerprint density at radius 2 is 2.20 bits per heavy atom. The number of benzene rings is 1. The second-order valence-corrected chi connectivity index (χ2v) is 5.15. The summed E-state index contributed by atoms with van der Waals surface area (Å²) >= 11 is 1.31. The maximum Gasteiger partial charge on any atom is 0.250 e. The zero-order valence-corrected chi connectivity index (χ0v) is 11.3. The third-order valence-electron chi connectivity index (χ3n) is 2.44. The normalized spacial score (nSPS) is 11.2. The van der Waals surface area contributed by atoms with E-state index >= 15 is 0 Å². The standard InChI is InChI=1S/C13H10N4O2S/c1-8-16-17-13(20-8)15-11(18)6-7-12-14-9-4-2-3-5-10(9)19-12/h2-7H,1H3,(H,15,17,18)/b7-6+. The van der Waals surface area contributed by atoms with Crippen molar-refractivity contribution in [2.45, 2.75) is 6.92 Å². The van der Waals surface area contributed by atoms with Gasteiger partial charge in [0.2, 0.25) is 16.9 Å². The Morgan fingerprint density at radius 1 is 1.35 bits per heavy atom. The fourth-order valence-corrected chi connectivity index (χ4v) is 2.20. The molecule has 0 atom stereocenters. The van der Waals surface area contributed by atoms with Gasteiger partial charge in [0.05, 0.1) is 0 Å². The van der Waals surface area contributed by atoms with E-state index in [1.807, 2.05) is 31.2 Å². The number of aryl methyl sites for hydroxylation is 1. The van der Waals surface area contributed by atoms with Crippen LogP contribution in [0.3, 0.4) is 0 Å². The predicted octanol–water partition coefficient (Wildman–Crippen LogP) is 2.64. The fraction of sp³-hybridized carbons (Fsp3) is 0.0769. The van der Waals surface area contributed by atoms with Crippen molar-refractivity contribution in [2.75, 3.05) is 5.32 Å². The minimum atomic E-state index is -0.302. The lowest BCUT2D eigenvalue weighted by molar-refractivity contribution is -0.111. The van der Waals surface area contributed by atoms with Gasteiger partial charge in [-0.2, -0.15) is 0 Å². The summed E-state index contributed by atoms with van der Waals surface area (Å²) < 4.78 is 5.47. The second-order valence-electron chi connectivity index (χ2n) is 3.97. The highest BCUT2D eigenvalue weighted by Gasteiger charge is 2.05. The Hall–Kier alpha value is -2.54. The molecule has 1 aromatic carbocycles. The van der Waals surface area contributed by atoms with E-state index in [1.54, 1.807) is 0 Å². The largest absolute Gasteiger partial charge is 0.437 e. The Balaban J connectivity index is 1.71. The van der Waals surface area contributed by atoms with Crippen LogP contribution in [0.2, 0.25) is 0 Å². The van der Waals surface area contributed by atoms with E-state index in [0.29, 0.717) is 16.6 Å². The maximum atomic E-state index is 11.7. The first-order chi connectivity index (χ1) is 9.70. The SMILES string of the molecule is Cc1nnc(NC(=O)/C=C/c2nc3ccccc3o2)s1. The maximum absolute atomic E-state index is 11.7. The van der Waals surface area contributed by atoms with E-state index in [-0.39, 0.29) is 5.91 Å². The van der Waals surface area contributed by atoms with Gasteiger partial charge in [-0.05, 0) is 19.1 Å². The van der Waals surface area contributed by atoms with Gasteiger partial charge in [-0.3, -0.25) is 10.1 Å². The highest BCUT2D eigenvalue weighted by Crippen LogP contribution is 2.16. The minimum Gasteiger partial charge on any atom is -0.437 e. The van der Waals surface area contributed by atoms with E-state index in [0.717, 1.165) is 10.5 Å². The Labute approximate surface area is 118 Å². The smallest absolute Gasteiger partial charge is 0.250 e. The van der Waals surface area contributed by atoms with Gasteiger partial charge in [0.1, 0.15) is 10.5 Å². The van der Waals surface area contributed by atoms with E-state index in [4.69, 9.17) is 4.42 Å². The summed E-state index contributed by atoms with van der Waals surface area (Å²) in [7, 11) is 0. The van der Waals surface area contributed by atoms with Gasteiger partial charge in [0, 0.05) is 12.2 Å². The molecule has 2 aromatic heterocycles. The molecular weight excluding hydrogens is 276 g/mol. The van der Waals surface area contributed by atoms with Crippen LogP contribution in [0.15, 0.2) is 34.8 Å². The molecule has 20 heavy (non-hydrogen) atoms. The number of oxazole rings is 1. The Kier molecular flexibility index (Phi) is 3.26. The number of rotatable bonds is 3. The lowest BCUT2D eigenvalue weighted by atomic mass is 10.3. The van der Waals surface area contributed by atoms with Crippen LogP contribution in [0.25, 0.3) is 17.2 Å². The topological polar surface area (TPSA) is 80.9 Å². The zero-order valence-electron chi connectivity index (χ0n) is 10.5. The van der Waals surface area contributed by atoms with E-state index in [9.17, 15) is 4.79 Å². The molecule has 0 aliphatic rings. The van der Waals surface area contributed by atoms with Crippen LogP contribution in [0.4, 0.5) is 5.13 Å². The van der Waals surface area contributed by atoms with Crippen LogP contribution in [0, 0.1) is 6.92 Å². The third kappa shape index (κ3) is 2.72. The zero-order chi connectivity index (χ0) is 13.9. The molecule has 100 valence electrons. The number of hydrogen-bond acceptors (Lipinski definition) is 6. The van der Waals surface area contributed by atoms with Gasteiger partial charge < -0.3 is 4.42 Å². The first-order valence-corrected chi connectivity index (χ1v) is 6.67. The molecule has 0 saturated heterocycles. The van der Waals surface area contributed by atoms with Crippen molar-refractivity contribution >= 4 is 39.6 Å². The van der Waals surface area contributed by atoms with Gasteiger partial charge >= 0.3 is 0 Å². The highest BCUT2D eigenvalue weighted by molar-refractivity contribution is 7.15. The third-order valence-corrected chi connectivity index (χ3v) is 3.20. The Bertz CT molecular complexity index is 757. The highest BCUT2D eigenvalue weighted by atomic mass is 32.1. The number of anilines is 1. The molecule has 0 spiro atoms. The summed E-state index contributed by atoms with van der Waals surface area (Å²) in [5, 5.41) is 11.5. The monoisotopic (exact) mass is 286 g/mol. The summed E-state index contributed by atoms with van der Waals surface area (Å²) in [5.41, 5.74) is 1.44. The molecule has 0 aliphatic heterocycles. The number of nitrogens with one attached hydrogen (secondary N) is 1. The van der Waals surface area contributed by atoms with E-state index in [2.05, 4.69) is 20.5 Å². The van der Waals surface area contributed by atoms with Gasteiger partial charge in [-0.1, -0.05) is 23.5 Å². The molecule has 6 nitrogen and oxygen atoms in total. The molecule has 2 heterocycles. The second kappa shape index (κ2) is 5.22. The van der Waals surface area contributed by atoms with Crippen LogP contribution in [-0.4, -0.2) is 21.1 Å². The van der Waals surface area contributed by atoms with Gasteiger partial charge in [-0.25, -0.2) is 4.98 Å². The fourth-order valence-electron chi connectivity index (χ4n) is 1.60. The number of carbonyl (C=O) groups is 1. The number of aromatic nitrogens is 3. The first-order valence-electron chi connectivity index (χ1n) is 5.85. The molecule has 3 rings (SSSR count). The van der Waals surface area contributed by atoms with Crippen LogP contribution in [-0.2, 0) is 4.79 Å². The predicted molar refractivity (Wildman–Crippen MR) is 76.3 cm³/mol. The molecule has 1 N–H and O–H groups in total.